The first-order chi connectivity index (χ1) is 12.6. The number of hydrogen-bond donors (Lipinski definition) is 1. The van der Waals surface area contributed by atoms with Crippen LogP contribution in [0.15, 0.2) is 24.3 Å². The number of carboxylic acid groups (broad SMARTS) is 1. The van der Waals surface area contributed by atoms with Crippen molar-refractivity contribution >= 4 is 11.9 Å². The zero-order chi connectivity index (χ0) is 18.5. The van der Waals surface area contributed by atoms with Crippen LogP contribution in [0.2, 0.25) is 0 Å². The highest BCUT2D eigenvalue weighted by atomic mass is 16.5. The first-order valence-corrected chi connectivity index (χ1v) is 9.81. The molecule has 1 saturated carbocycles. The van der Waals surface area contributed by atoms with E-state index in [1.165, 1.54) is 5.56 Å². The Hall–Kier alpha value is -2.04. The van der Waals surface area contributed by atoms with E-state index in [0.717, 1.165) is 50.9 Å². The number of likely N-dealkylation sites (tertiary alicyclic amines) is 1. The highest BCUT2D eigenvalue weighted by Crippen LogP contribution is 2.37. The van der Waals surface area contributed by atoms with Gasteiger partial charge in [-0.1, -0.05) is 12.1 Å². The van der Waals surface area contributed by atoms with Crippen molar-refractivity contribution in [3.8, 4) is 5.75 Å². The predicted molar refractivity (Wildman–Crippen MR) is 99.1 cm³/mol. The lowest BCUT2D eigenvalue weighted by molar-refractivity contribution is -0.157. The largest absolute Gasteiger partial charge is 0.494 e. The second kappa shape index (κ2) is 8.56. The maximum atomic E-state index is 12.5. The minimum Gasteiger partial charge on any atom is -0.494 e. The number of hydrogen-bond acceptors (Lipinski definition) is 3. The number of amides is 1. The minimum atomic E-state index is -0.820. The van der Waals surface area contributed by atoms with Crippen LogP contribution >= 0.6 is 0 Å². The van der Waals surface area contributed by atoms with Crippen LogP contribution in [0.4, 0.5) is 0 Å². The average molecular weight is 359 g/mol. The molecule has 2 fully saturated rings. The molecule has 0 spiro atoms. The van der Waals surface area contributed by atoms with Gasteiger partial charge in [0.15, 0.2) is 0 Å². The quantitative estimate of drug-likeness (QED) is 0.810. The van der Waals surface area contributed by atoms with Crippen LogP contribution in [0, 0.1) is 17.8 Å². The second-order valence-electron chi connectivity index (χ2n) is 7.51. The fourth-order valence-electron chi connectivity index (χ4n) is 4.06. The van der Waals surface area contributed by atoms with Crippen LogP contribution < -0.4 is 4.74 Å². The van der Waals surface area contributed by atoms with Crippen LogP contribution in [0.5, 0.6) is 5.75 Å². The summed E-state index contributed by atoms with van der Waals surface area (Å²) in [6.45, 7) is 4.22. The van der Waals surface area contributed by atoms with Crippen molar-refractivity contribution < 1.29 is 19.4 Å². The molecule has 2 atom stereocenters. The summed E-state index contributed by atoms with van der Waals surface area (Å²) in [5.41, 5.74) is 1.32. The maximum Gasteiger partial charge on any atom is 0.307 e. The van der Waals surface area contributed by atoms with E-state index in [-0.39, 0.29) is 11.8 Å². The monoisotopic (exact) mass is 359 g/mol. The lowest BCUT2D eigenvalue weighted by Crippen LogP contribution is -2.48. The summed E-state index contributed by atoms with van der Waals surface area (Å²) in [5, 5.41) is 9.14. The number of piperidine rings is 1. The highest BCUT2D eigenvalue weighted by molar-refractivity contribution is 5.86. The Kier molecular flexibility index (Phi) is 6.17. The van der Waals surface area contributed by atoms with Gasteiger partial charge in [-0.05, 0) is 69.1 Å². The Morgan fingerprint density at radius 1 is 1.08 bits per heavy atom. The number of nitrogens with zero attached hydrogens (tertiary/aromatic N) is 1. The molecule has 1 aliphatic heterocycles. The Balaban J connectivity index is 1.41. The molecule has 0 aromatic heterocycles. The molecule has 5 nitrogen and oxygen atoms in total. The van der Waals surface area contributed by atoms with E-state index in [4.69, 9.17) is 9.84 Å². The topological polar surface area (TPSA) is 66.8 Å². The number of rotatable bonds is 7. The summed E-state index contributed by atoms with van der Waals surface area (Å²) in [7, 11) is 0. The van der Waals surface area contributed by atoms with Gasteiger partial charge in [0.1, 0.15) is 5.75 Å². The average Bonchev–Trinajstić information content (AvgIpc) is 2.60. The third-order valence-corrected chi connectivity index (χ3v) is 5.91. The highest BCUT2D eigenvalue weighted by Gasteiger charge is 2.43. The summed E-state index contributed by atoms with van der Waals surface area (Å²) < 4.78 is 5.47. The van der Waals surface area contributed by atoms with Gasteiger partial charge in [0, 0.05) is 13.1 Å². The van der Waals surface area contributed by atoms with Crippen LogP contribution in [0.25, 0.3) is 0 Å². The van der Waals surface area contributed by atoms with Crippen molar-refractivity contribution in [1.82, 2.24) is 4.90 Å². The van der Waals surface area contributed by atoms with Crippen LogP contribution in [-0.4, -0.2) is 41.6 Å². The molecule has 3 rings (SSSR count). The summed E-state index contributed by atoms with van der Waals surface area (Å²) in [6, 6.07) is 8.31. The van der Waals surface area contributed by atoms with Crippen molar-refractivity contribution in [3.63, 3.8) is 0 Å². The number of aliphatic carboxylic acids is 1. The second-order valence-corrected chi connectivity index (χ2v) is 7.51. The van der Waals surface area contributed by atoms with Gasteiger partial charge in [-0.3, -0.25) is 9.59 Å². The molecule has 1 amide bonds. The number of carbonyl (C=O) groups is 2. The van der Waals surface area contributed by atoms with Gasteiger partial charge >= 0.3 is 5.97 Å². The van der Waals surface area contributed by atoms with Crippen LogP contribution in [0.3, 0.4) is 0 Å². The third kappa shape index (κ3) is 4.37. The molecule has 1 heterocycles. The van der Waals surface area contributed by atoms with E-state index >= 15 is 0 Å². The normalized spacial score (nSPS) is 23.3. The van der Waals surface area contributed by atoms with Gasteiger partial charge in [0.2, 0.25) is 5.91 Å². The molecule has 142 valence electrons. The molecular formula is C21H29NO4. The molecule has 2 aliphatic rings. The fraction of sp³-hybridized carbons (Fsp3) is 0.619. The number of ether oxygens (including phenoxy) is 1. The zero-order valence-electron chi connectivity index (χ0n) is 15.5. The molecule has 26 heavy (non-hydrogen) atoms. The molecule has 0 bridgehead atoms. The Labute approximate surface area is 155 Å². The first kappa shape index (κ1) is 18.7. The lowest BCUT2D eigenvalue weighted by atomic mass is 9.72. The van der Waals surface area contributed by atoms with Gasteiger partial charge in [-0.15, -0.1) is 0 Å². The molecule has 1 aromatic carbocycles. The minimum absolute atomic E-state index is 0.0635. The van der Waals surface area contributed by atoms with Gasteiger partial charge in [0.25, 0.3) is 0 Å². The fourth-order valence-corrected chi connectivity index (χ4v) is 4.06. The molecule has 2 unspecified atom stereocenters. The Morgan fingerprint density at radius 2 is 1.73 bits per heavy atom. The molecular weight excluding hydrogens is 330 g/mol. The molecule has 5 heteroatoms. The Bertz CT molecular complexity index is 619. The van der Waals surface area contributed by atoms with Crippen molar-refractivity contribution in [1.29, 1.82) is 0 Å². The summed E-state index contributed by atoms with van der Waals surface area (Å²) in [5.74, 6) is 0.0576. The number of benzene rings is 1. The van der Waals surface area contributed by atoms with E-state index in [0.29, 0.717) is 18.9 Å². The van der Waals surface area contributed by atoms with E-state index in [9.17, 15) is 9.59 Å². The Morgan fingerprint density at radius 3 is 2.27 bits per heavy atom. The van der Waals surface area contributed by atoms with Crippen molar-refractivity contribution in [2.75, 3.05) is 19.7 Å². The summed E-state index contributed by atoms with van der Waals surface area (Å²) in [4.78, 5) is 25.5. The van der Waals surface area contributed by atoms with E-state index < -0.39 is 11.9 Å². The molecule has 1 saturated heterocycles. The van der Waals surface area contributed by atoms with Crippen LogP contribution in [-0.2, 0) is 16.0 Å². The van der Waals surface area contributed by atoms with Crippen molar-refractivity contribution in [2.24, 2.45) is 17.8 Å². The molecule has 1 aromatic rings. The third-order valence-electron chi connectivity index (χ3n) is 5.91. The van der Waals surface area contributed by atoms with E-state index in [1.54, 1.807) is 0 Å². The molecule has 1 aliphatic carbocycles. The smallest absolute Gasteiger partial charge is 0.307 e. The first-order valence-electron chi connectivity index (χ1n) is 9.81. The van der Waals surface area contributed by atoms with E-state index in [2.05, 4.69) is 12.1 Å². The standard InChI is InChI=1S/C21H29NO4/c1-2-26-17-7-5-15(6-8-17)3-4-16-11-13-22(14-12-16)20(23)18-9-10-19(18)21(24)25/h5-8,16,18-19H,2-4,9-14H2,1H3,(H,24,25). The van der Waals surface area contributed by atoms with Gasteiger partial charge in [-0.2, -0.15) is 0 Å². The SMILES string of the molecule is CCOc1ccc(CCC2CCN(C(=O)C3CCC3C(=O)O)CC2)cc1. The number of carboxylic acids is 1. The number of carbonyl (C=O) groups excluding carboxylic acids is 1. The predicted octanol–water partition coefficient (Wildman–Crippen LogP) is 3.37. The lowest BCUT2D eigenvalue weighted by Gasteiger charge is -2.39. The number of aryl methyl sites for hydroxylation is 1. The summed E-state index contributed by atoms with van der Waals surface area (Å²) in [6.07, 6.45) is 5.60. The van der Waals surface area contributed by atoms with Crippen molar-refractivity contribution in [2.45, 2.75) is 45.4 Å². The van der Waals surface area contributed by atoms with Gasteiger partial charge < -0.3 is 14.7 Å². The maximum absolute atomic E-state index is 12.5. The van der Waals surface area contributed by atoms with Crippen LogP contribution in [0.1, 0.15) is 44.6 Å². The van der Waals surface area contributed by atoms with Gasteiger partial charge in [-0.25, -0.2) is 0 Å². The van der Waals surface area contributed by atoms with Gasteiger partial charge in [0.05, 0.1) is 18.4 Å². The summed E-state index contributed by atoms with van der Waals surface area (Å²) >= 11 is 0. The zero-order valence-corrected chi connectivity index (χ0v) is 15.5. The van der Waals surface area contributed by atoms with E-state index in [1.807, 2.05) is 24.0 Å². The molecule has 1 N–H and O–H groups in total. The van der Waals surface area contributed by atoms with Crippen molar-refractivity contribution in [3.05, 3.63) is 29.8 Å². The molecule has 0 radical (unpaired) electrons.